The Morgan fingerprint density at radius 3 is 2.56 bits per heavy atom. The van der Waals surface area contributed by atoms with Gasteiger partial charge in [-0.2, -0.15) is 0 Å². The van der Waals surface area contributed by atoms with Crippen molar-refractivity contribution in [1.82, 2.24) is 10.9 Å². The average molecular weight is 248 g/mol. The molecule has 1 heterocycles. The Bertz CT molecular complexity index is 436. The molecule has 0 bridgehead atoms. The van der Waals surface area contributed by atoms with Gasteiger partial charge >= 0.3 is 0 Å². The number of aryl methyl sites for hydroxylation is 1. The van der Waals surface area contributed by atoms with Crippen LogP contribution in [0.15, 0.2) is 24.3 Å². The maximum absolute atomic E-state index is 11.7. The highest BCUT2D eigenvalue weighted by Crippen LogP contribution is 2.11. The Kier molecular flexibility index (Phi) is 3.94. The summed E-state index contributed by atoms with van der Waals surface area (Å²) in [6.07, 6.45) is 1.14. The summed E-state index contributed by atoms with van der Waals surface area (Å²) in [6.45, 7) is 2.55. The SMILES string of the molecule is Cc1ccc(C(=O)NNC(=O)[C@@H]2CCCO2)cc1. The van der Waals surface area contributed by atoms with Gasteiger partial charge < -0.3 is 4.74 Å². The van der Waals surface area contributed by atoms with Crippen LogP contribution in [-0.4, -0.2) is 24.5 Å². The monoisotopic (exact) mass is 248 g/mol. The molecule has 0 radical (unpaired) electrons. The lowest BCUT2D eigenvalue weighted by molar-refractivity contribution is -0.130. The molecule has 1 aromatic carbocycles. The summed E-state index contributed by atoms with van der Waals surface area (Å²) in [5, 5.41) is 0. The third kappa shape index (κ3) is 3.07. The molecular weight excluding hydrogens is 232 g/mol. The normalized spacial score (nSPS) is 18.4. The molecule has 1 saturated heterocycles. The maximum Gasteiger partial charge on any atom is 0.269 e. The smallest absolute Gasteiger partial charge is 0.269 e. The quantitative estimate of drug-likeness (QED) is 0.765. The first-order valence-electron chi connectivity index (χ1n) is 5.95. The van der Waals surface area contributed by atoms with Gasteiger partial charge in [0.15, 0.2) is 0 Å². The lowest BCUT2D eigenvalue weighted by atomic mass is 10.1. The molecule has 1 atom stereocenters. The van der Waals surface area contributed by atoms with Crippen LogP contribution in [0.5, 0.6) is 0 Å². The predicted octanol–water partition coefficient (Wildman–Crippen LogP) is 0.935. The van der Waals surface area contributed by atoms with Crippen molar-refractivity contribution in [2.45, 2.75) is 25.9 Å². The van der Waals surface area contributed by atoms with Crippen LogP contribution in [0.2, 0.25) is 0 Å². The Labute approximate surface area is 105 Å². The van der Waals surface area contributed by atoms with Crippen LogP contribution in [0.4, 0.5) is 0 Å². The van der Waals surface area contributed by atoms with Crippen molar-refractivity contribution in [3.05, 3.63) is 35.4 Å². The molecule has 18 heavy (non-hydrogen) atoms. The summed E-state index contributed by atoms with van der Waals surface area (Å²) >= 11 is 0. The lowest BCUT2D eigenvalue weighted by Crippen LogP contribution is -2.46. The number of hydrogen-bond acceptors (Lipinski definition) is 3. The molecule has 0 spiro atoms. The van der Waals surface area contributed by atoms with E-state index in [0.29, 0.717) is 18.6 Å². The second-order valence-electron chi connectivity index (χ2n) is 4.31. The van der Waals surface area contributed by atoms with E-state index in [9.17, 15) is 9.59 Å². The van der Waals surface area contributed by atoms with Crippen molar-refractivity contribution in [1.29, 1.82) is 0 Å². The van der Waals surface area contributed by atoms with Gasteiger partial charge in [0.2, 0.25) is 0 Å². The molecule has 1 fully saturated rings. The summed E-state index contributed by atoms with van der Waals surface area (Å²) in [5.41, 5.74) is 6.34. The first-order valence-corrected chi connectivity index (χ1v) is 5.95. The van der Waals surface area contributed by atoms with E-state index < -0.39 is 6.10 Å². The van der Waals surface area contributed by atoms with Gasteiger partial charge in [-0.1, -0.05) is 17.7 Å². The topological polar surface area (TPSA) is 67.4 Å². The van der Waals surface area contributed by atoms with Crippen LogP contribution in [0, 0.1) is 6.92 Å². The van der Waals surface area contributed by atoms with Crippen LogP contribution < -0.4 is 10.9 Å². The average Bonchev–Trinajstić information content (AvgIpc) is 2.90. The predicted molar refractivity (Wildman–Crippen MR) is 65.8 cm³/mol. The zero-order chi connectivity index (χ0) is 13.0. The third-order valence-corrected chi connectivity index (χ3v) is 2.84. The molecule has 5 nitrogen and oxygen atoms in total. The fourth-order valence-electron chi connectivity index (χ4n) is 1.76. The molecule has 96 valence electrons. The van der Waals surface area contributed by atoms with E-state index >= 15 is 0 Å². The Hall–Kier alpha value is -1.88. The molecule has 2 amide bonds. The highest BCUT2D eigenvalue weighted by atomic mass is 16.5. The van der Waals surface area contributed by atoms with Gasteiger partial charge in [0.05, 0.1) is 0 Å². The van der Waals surface area contributed by atoms with Crippen molar-refractivity contribution in [3.8, 4) is 0 Å². The molecule has 1 aromatic rings. The van der Waals surface area contributed by atoms with E-state index in [-0.39, 0.29) is 11.8 Å². The number of amides is 2. The van der Waals surface area contributed by atoms with Crippen LogP contribution in [0.3, 0.4) is 0 Å². The van der Waals surface area contributed by atoms with E-state index in [1.54, 1.807) is 12.1 Å². The molecule has 0 saturated carbocycles. The summed E-state index contributed by atoms with van der Waals surface area (Å²) in [7, 11) is 0. The Morgan fingerprint density at radius 1 is 1.22 bits per heavy atom. The number of hydrazine groups is 1. The summed E-state index contributed by atoms with van der Waals surface area (Å²) in [4.78, 5) is 23.3. The number of ether oxygens (including phenoxy) is 1. The second kappa shape index (κ2) is 5.64. The fourth-order valence-corrected chi connectivity index (χ4v) is 1.76. The van der Waals surface area contributed by atoms with Crippen LogP contribution in [0.1, 0.15) is 28.8 Å². The van der Waals surface area contributed by atoms with E-state index in [0.717, 1.165) is 12.0 Å². The van der Waals surface area contributed by atoms with Gasteiger partial charge in [0.1, 0.15) is 6.10 Å². The number of rotatable bonds is 2. The third-order valence-electron chi connectivity index (χ3n) is 2.84. The number of hydrogen-bond donors (Lipinski definition) is 2. The maximum atomic E-state index is 11.7. The number of benzene rings is 1. The number of carbonyl (C=O) groups excluding carboxylic acids is 2. The van der Waals surface area contributed by atoms with Gasteiger partial charge in [-0.15, -0.1) is 0 Å². The summed E-state index contributed by atoms with van der Waals surface area (Å²) in [6, 6.07) is 7.11. The van der Waals surface area contributed by atoms with Crippen LogP contribution >= 0.6 is 0 Å². The minimum atomic E-state index is -0.441. The largest absolute Gasteiger partial charge is 0.368 e. The molecule has 0 unspecified atom stereocenters. The van der Waals surface area contributed by atoms with E-state index in [1.165, 1.54) is 0 Å². The molecule has 1 aliphatic rings. The van der Waals surface area contributed by atoms with Gasteiger partial charge in [0, 0.05) is 12.2 Å². The van der Waals surface area contributed by atoms with Crippen LogP contribution in [0.25, 0.3) is 0 Å². The van der Waals surface area contributed by atoms with Crippen molar-refractivity contribution >= 4 is 11.8 Å². The first kappa shape index (κ1) is 12.6. The van der Waals surface area contributed by atoms with Crippen LogP contribution in [-0.2, 0) is 9.53 Å². The van der Waals surface area contributed by atoms with E-state index in [2.05, 4.69) is 10.9 Å². The highest BCUT2D eigenvalue weighted by Gasteiger charge is 2.23. The van der Waals surface area contributed by atoms with E-state index in [4.69, 9.17) is 4.74 Å². The molecule has 0 aliphatic carbocycles. The minimum Gasteiger partial charge on any atom is -0.368 e. The molecule has 2 rings (SSSR count). The minimum absolute atomic E-state index is 0.298. The molecular formula is C13H16N2O3. The molecule has 2 N–H and O–H groups in total. The van der Waals surface area contributed by atoms with Crippen molar-refractivity contribution in [2.24, 2.45) is 0 Å². The van der Waals surface area contributed by atoms with Crippen molar-refractivity contribution in [2.75, 3.05) is 6.61 Å². The van der Waals surface area contributed by atoms with Crippen molar-refractivity contribution in [3.63, 3.8) is 0 Å². The fraction of sp³-hybridized carbons (Fsp3) is 0.385. The number of carbonyl (C=O) groups is 2. The molecule has 5 heteroatoms. The Balaban J connectivity index is 1.84. The Morgan fingerprint density at radius 2 is 1.94 bits per heavy atom. The van der Waals surface area contributed by atoms with Gasteiger partial charge in [-0.05, 0) is 31.9 Å². The lowest BCUT2D eigenvalue weighted by Gasteiger charge is -2.11. The van der Waals surface area contributed by atoms with Crippen molar-refractivity contribution < 1.29 is 14.3 Å². The molecule has 1 aliphatic heterocycles. The van der Waals surface area contributed by atoms with Gasteiger partial charge in [0.25, 0.3) is 11.8 Å². The highest BCUT2D eigenvalue weighted by molar-refractivity contribution is 5.95. The standard InChI is InChI=1S/C13H16N2O3/c1-9-4-6-10(7-5-9)12(16)14-15-13(17)11-3-2-8-18-11/h4-7,11H,2-3,8H2,1H3,(H,14,16)(H,15,17)/t11-/m0/s1. The molecule has 0 aromatic heterocycles. The van der Waals surface area contributed by atoms with Gasteiger partial charge in [-0.25, -0.2) is 0 Å². The summed E-state index contributed by atoms with van der Waals surface area (Å²) < 4.78 is 5.21. The second-order valence-corrected chi connectivity index (χ2v) is 4.31. The zero-order valence-corrected chi connectivity index (χ0v) is 10.2. The zero-order valence-electron chi connectivity index (χ0n) is 10.2. The first-order chi connectivity index (χ1) is 8.66. The van der Waals surface area contributed by atoms with E-state index in [1.807, 2.05) is 19.1 Å². The number of nitrogens with one attached hydrogen (secondary N) is 2. The summed E-state index contributed by atoms with van der Waals surface area (Å²) in [5.74, 6) is -0.630. The van der Waals surface area contributed by atoms with Gasteiger partial charge in [-0.3, -0.25) is 20.4 Å².